The second kappa shape index (κ2) is 8.05. The summed E-state index contributed by atoms with van der Waals surface area (Å²) < 4.78 is 5.34. The molecule has 29 heavy (non-hydrogen) atoms. The summed E-state index contributed by atoms with van der Waals surface area (Å²) in [5.74, 6) is 0.790. The number of aryl methyl sites for hydroxylation is 2. The number of hydrogen-bond donors (Lipinski definition) is 1. The maximum absolute atomic E-state index is 12.7. The lowest BCUT2D eigenvalue weighted by Crippen LogP contribution is -2.14. The van der Waals surface area contributed by atoms with Gasteiger partial charge in [-0.2, -0.15) is 0 Å². The number of ether oxygens (including phenoxy) is 1. The van der Waals surface area contributed by atoms with Gasteiger partial charge in [-0.1, -0.05) is 42.5 Å². The number of rotatable bonds is 5. The van der Waals surface area contributed by atoms with Gasteiger partial charge in [-0.3, -0.25) is 4.79 Å². The van der Waals surface area contributed by atoms with E-state index < -0.39 is 0 Å². The average Bonchev–Trinajstić information content (AvgIpc) is 3.08. The Morgan fingerprint density at radius 1 is 1.07 bits per heavy atom. The highest BCUT2D eigenvalue weighted by Gasteiger charge is 2.14. The maximum atomic E-state index is 12.7. The number of carbonyl (C=O) groups excluding carboxylic acids is 1. The second-order valence-corrected chi connectivity index (χ2v) is 8.17. The molecule has 3 aromatic carbocycles. The van der Waals surface area contributed by atoms with E-state index in [-0.39, 0.29) is 5.91 Å². The van der Waals surface area contributed by atoms with E-state index in [9.17, 15) is 4.79 Å². The Kier molecular flexibility index (Phi) is 5.32. The number of carbonyl (C=O) groups is 1. The smallest absolute Gasteiger partial charge is 0.230 e. The van der Waals surface area contributed by atoms with E-state index in [0.29, 0.717) is 11.6 Å². The number of anilines is 1. The van der Waals surface area contributed by atoms with Crippen LogP contribution in [0.4, 0.5) is 5.13 Å². The summed E-state index contributed by atoms with van der Waals surface area (Å²) in [6, 6.07) is 20.2. The minimum atomic E-state index is -0.0624. The van der Waals surface area contributed by atoms with Crippen molar-refractivity contribution in [3.8, 4) is 17.0 Å². The molecular weight excluding hydrogens is 380 g/mol. The number of benzene rings is 3. The maximum Gasteiger partial charge on any atom is 0.230 e. The Morgan fingerprint density at radius 3 is 2.66 bits per heavy atom. The van der Waals surface area contributed by atoms with Crippen molar-refractivity contribution >= 4 is 33.1 Å². The fourth-order valence-corrected chi connectivity index (χ4v) is 4.38. The molecule has 0 saturated carbocycles. The van der Waals surface area contributed by atoms with E-state index in [0.717, 1.165) is 43.8 Å². The van der Waals surface area contributed by atoms with Crippen LogP contribution in [0.2, 0.25) is 0 Å². The van der Waals surface area contributed by atoms with Gasteiger partial charge in [0.05, 0.1) is 19.2 Å². The monoisotopic (exact) mass is 402 g/mol. The molecule has 0 aliphatic heterocycles. The molecule has 0 radical (unpaired) electrons. The number of thiazole rings is 1. The molecule has 0 atom stereocenters. The Balaban J connectivity index is 1.53. The lowest BCUT2D eigenvalue weighted by molar-refractivity contribution is -0.115. The third kappa shape index (κ3) is 4.00. The zero-order chi connectivity index (χ0) is 20.4. The highest BCUT2D eigenvalue weighted by atomic mass is 32.1. The molecule has 146 valence electrons. The summed E-state index contributed by atoms with van der Waals surface area (Å²) in [6.45, 7) is 4.03. The molecule has 1 heterocycles. The van der Waals surface area contributed by atoms with Crippen LogP contribution in [0.25, 0.3) is 22.0 Å². The number of methoxy groups -OCH3 is 1. The van der Waals surface area contributed by atoms with Gasteiger partial charge in [-0.05, 0) is 53.9 Å². The van der Waals surface area contributed by atoms with E-state index >= 15 is 0 Å². The van der Waals surface area contributed by atoms with Crippen LogP contribution in [0.3, 0.4) is 0 Å². The third-order valence-corrected chi connectivity index (χ3v) is 5.83. The highest BCUT2D eigenvalue weighted by molar-refractivity contribution is 7.16. The SMILES string of the molecule is COc1ccc(-c2nc(NC(=O)Cc3cccc4ccccc34)sc2C)cc1C. The van der Waals surface area contributed by atoms with E-state index in [1.54, 1.807) is 7.11 Å². The van der Waals surface area contributed by atoms with Crippen LogP contribution in [0.1, 0.15) is 16.0 Å². The Bertz CT molecular complexity index is 1190. The van der Waals surface area contributed by atoms with Crippen LogP contribution >= 0.6 is 11.3 Å². The molecule has 0 aliphatic carbocycles. The zero-order valence-electron chi connectivity index (χ0n) is 16.7. The molecule has 0 unspecified atom stereocenters. The van der Waals surface area contributed by atoms with E-state index in [1.807, 2.05) is 50.2 Å². The average molecular weight is 403 g/mol. The number of nitrogens with zero attached hydrogens (tertiary/aromatic N) is 1. The minimum absolute atomic E-state index is 0.0624. The Morgan fingerprint density at radius 2 is 1.86 bits per heavy atom. The van der Waals surface area contributed by atoms with E-state index in [2.05, 4.69) is 34.6 Å². The number of nitrogens with one attached hydrogen (secondary N) is 1. The molecular formula is C24H22N2O2S. The van der Waals surface area contributed by atoms with Crippen molar-refractivity contribution in [1.82, 2.24) is 4.98 Å². The number of amides is 1. The lowest BCUT2D eigenvalue weighted by atomic mass is 10.0. The molecule has 0 aliphatic rings. The van der Waals surface area contributed by atoms with E-state index in [4.69, 9.17) is 4.74 Å². The molecule has 5 heteroatoms. The van der Waals surface area contributed by atoms with Gasteiger partial charge in [0.2, 0.25) is 5.91 Å². The standard InChI is InChI=1S/C24H22N2O2S/c1-15-13-19(11-12-21(15)28-3)23-16(2)29-24(26-23)25-22(27)14-18-9-6-8-17-7-4-5-10-20(17)18/h4-13H,14H2,1-3H3,(H,25,26,27). The fraction of sp³-hybridized carbons (Fsp3) is 0.167. The summed E-state index contributed by atoms with van der Waals surface area (Å²) >= 11 is 1.49. The minimum Gasteiger partial charge on any atom is -0.496 e. The van der Waals surface area contributed by atoms with Crippen LogP contribution in [-0.2, 0) is 11.2 Å². The van der Waals surface area contributed by atoms with Gasteiger partial charge in [-0.25, -0.2) is 4.98 Å². The number of hydrogen-bond acceptors (Lipinski definition) is 4. The predicted octanol–water partition coefficient (Wildman–Crippen LogP) is 5.77. The molecule has 4 nitrogen and oxygen atoms in total. The lowest BCUT2D eigenvalue weighted by Gasteiger charge is -2.07. The van der Waals surface area contributed by atoms with Crippen molar-refractivity contribution in [1.29, 1.82) is 0 Å². The predicted molar refractivity (Wildman–Crippen MR) is 120 cm³/mol. The van der Waals surface area contributed by atoms with Crippen LogP contribution < -0.4 is 10.1 Å². The molecule has 1 N–H and O–H groups in total. The molecule has 0 fully saturated rings. The van der Waals surface area contributed by atoms with Gasteiger partial charge in [0.1, 0.15) is 5.75 Å². The third-order valence-electron chi connectivity index (χ3n) is 4.94. The van der Waals surface area contributed by atoms with Crippen LogP contribution in [0, 0.1) is 13.8 Å². The first kappa shape index (κ1) is 19.2. The first-order valence-corrected chi connectivity index (χ1v) is 10.3. The van der Waals surface area contributed by atoms with Gasteiger partial charge in [0.15, 0.2) is 5.13 Å². The first-order chi connectivity index (χ1) is 14.0. The van der Waals surface area contributed by atoms with Crippen molar-refractivity contribution in [2.75, 3.05) is 12.4 Å². The molecule has 4 rings (SSSR count). The van der Waals surface area contributed by atoms with Crippen LogP contribution in [0.15, 0.2) is 60.7 Å². The molecule has 0 bridgehead atoms. The second-order valence-electron chi connectivity index (χ2n) is 6.97. The van der Waals surface area contributed by atoms with Crippen LogP contribution in [0.5, 0.6) is 5.75 Å². The van der Waals surface area contributed by atoms with Gasteiger partial charge in [0.25, 0.3) is 0 Å². The normalized spacial score (nSPS) is 10.9. The van der Waals surface area contributed by atoms with Gasteiger partial charge in [-0.15, -0.1) is 11.3 Å². The quantitative estimate of drug-likeness (QED) is 0.461. The van der Waals surface area contributed by atoms with Gasteiger partial charge in [0, 0.05) is 10.4 Å². The molecule has 4 aromatic rings. The largest absolute Gasteiger partial charge is 0.496 e. The van der Waals surface area contributed by atoms with Crippen molar-refractivity contribution in [2.24, 2.45) is 0 Å². The first-order valence-electron chi connectivity index (χ1n) is 9.44. The highest BCUT2D eigenvalue weighted by Crippen LogP contribution is 2.33. The summed E-state index contributed by atoms with van der Waals surface area (Å²) in [5, 5.41) is 5.83. The van der Waals surface area contributed by atoms with Crippen molar-refractivity contribution < 1.29 is 9.53 Å². The van der Waals surface area contributed by atoms with Crippen molar-refractivity contribution in [2.45, 2.75) is 20.3 Å². The number of aromatic nitrogens is 1. The van der Waals surface area contributed by atoms with Gasteiger partial charge >= 0.3 is 0 Å². The number of fused-ring (bicyclic) bond motifs is 1. The molecule has 0 saturated heterocycles. The summed E-state index contributed by atoms with van der Waals surface area (Å²) in [6.07, 6.45) is 0.316. The van der Waals surface area contributed by atoms with Crippen molar-refractivity contribution in [3.63, 3.8) is 0 Å². The molecule has 1 aromatic heterocycles. The summed E-state index contributed by atoms with van der Waals surface area (Å²) in [7, 11) is 1.67. The summed E-state index contributed by atoms with van der Waals surface area (Å²) in [4.78, 5) is 18.4. The Hall–Kier alpha value is -3.18. The molecule has 1 amide bonds. The van der Waals surface area contributed by atoms with Crippen LogP contribution in [-0.4, -0.2) is 18.0 Å². The zero-order valence-corrected chi connectivity index (χ0v) is 17.5. The fourth-order valence-electron chi connectivity index (χ4n) is 3.53. The van der Waals surface area contributed by atoms with Crippen molar-refractivity contribution in [3.05, 3.63) is 76.7 Å². The topological polar surface area (TPSA) is 51.2 Å². The Labute approximate surface area is 174 Å². The van der Waals surface area contributed by atoms with Gasteiger partial charge < -0.3 is 10.1 Å². The van der Waals surface area contributed by atoms with E-state index in [1.165, 1.54) is 11.3 Å². The summed E-state index contributed by atoms with van der Waals surface area (Å²) in [5.41, 5.74) is 3.98. The molecule has 0 spiro atoms.